The summed E-state index contributed by atoms with van der Waals surface area (Å²) in [4.78, 5) is 30.6. The van der Waals surface area contributed by atoms with Gasteiger partial charge in [0.15, 0.2) is 0 Å². The SMILES string of the molecule is Cc1oc(-c2ccccc2)nc1CCOc1ccc(C[C@@H]2C[C@H](C=O)CN2C(=O)Oc2ccccc2)cc1. The van der Waals surface area contributed by atoms with E-state index in [9.17, 15) is 9.59 Å². The lowest BCUT2D eigenvalue weighted by atomic mass is 10.0. The maximum atomic E-state index is 12.8. The molecule has 38 heavy (non-hydrogen) atoms. The summed E-state index contributed by atoms with van der Waals surface area (Å²) in [6, 6.07) is 26.6. The van der Waals surface area contributed by atoms with E-state index in [1.165, 1.54) is 0 Å². The van der Waals surface area contributed by atoms with Gasteiger partial charge in [-0.1, -0.05) is 48.5 Å². The van der Waals surface area contributed by atoms with E-state index in [0.29, 0.717) is 44.1 Å². The fourth-order valence-electron chi connectivity index (χ4n) is 4.74. The number of benzene rings is 3. The molecule has 0 unspecified atom stereocenters. The van der Waals surface area contributed by atoms with Gasteiger partial charge in [0.1, 0.15) is 23.5 Å². The third-order valence-corrected chi connectivity index (χ3v) is 6.74. The van der Waals surface area contributed by atoms with Gasteiger partial charge in [0.2, 0.25) is 5.89 Å². The minimum atomic E-state index is -0.427. The van der Waals surface area contributed by atoms with Crippen LogP contribution in [0, 0.1) is 12.8 Å². The Balaban J connectivity index is 1.15. The Morgan fingerprint density at radius 2 is 1.71 bits per heavy atom. The molecule has 1 amide bonds. The Hall–Kier alpha value is -4.39. The summed E-state index contributed by atoms with van der Waals surface area (Å²) >= 11 is 0. The summed E-state index contributed by atoms with van der Waals surface area (Å²) in [7, 11) is 0. The molecule has 5 rings (SSSR count). The molecule has 0 spiro atoms. The van der Waals surface area contributed by atoms with Crippen LogP contribution in [0.25, 0.3) is 11.5 Å². The number of hydrogen-bond donors (Lipinski definition) is 0. The maximum absolute atomic E-state index is 12.8. The molecule has 7 heteroatoms. The summed E-state index contributed by atoms with van der Waals surface area (Å²) in [5.74, 6) is 2.48. The van der Waals surface area contributed by atoms with E-state index in [2.05, 4.69) is 4.98 Å². The zero-order valence-electron chi connectivity index (χ0n) is 21.3. The largest absolute Gasteiger partial charge is 0.493 e. The number of aryl methyl sites for hydroxylation is 1. The molecule has 1 aliphatic rings. The van der Waals surface area contributed by atoms with Crippen molar-refractivity contribution in [3.63, 3.8) is 0 Å². The van der Waals surface area contributed by atoms with Crippen LogP contribution in [0.1, 0.15) is 23.4 Å². The molecule has 0 aliphatic carbocycles. The number of oxazole rings is 1. The highest BCUT2D eigenvalue weighted by Crippen LogP contribution is 2.27. The van der Waals surface area contributed by atoms with E-state index in [4.69, 9.17) is 13.9 Å². The number of aldehydes is 1. The highest BCUT2D eigenvalue weighted by molar-refractivity contribution is 5.72. The Morgan fingerprint density at radius 1 is 1.00 bits per heavy atom. The van der Waals surface area contributed by atoms with Crippen LogP contribution >= 0.6 is 0 Å². The van der Waals surface area contributed by atoms with E-state index in [1.54, 1.807) is 17.0 Å². The number of likely N-dealkylation sites (tertiary alicyclic amines) is 1. The van der Waals surface area contributed by atoms with Gasteiger partial charge in [-0.05, 0) is 61.7 Å². The normalized spacial score (nSPS) is 16.8. The second-order valence-corrected chi connectivity index (χ2v) is 9.45. The molecule has 3 aromatic carbocycles. The van der Waals surface area contributed by atoms with E-state index < -0.39 is 6.09 Å². The second-order valence-electron chi connectivity index (χ2n) is 9.45. The number of hydrogen-bond acceptors (Lipinski definition) is 6. The van der Waals surface area contributed by atoms with Crippen molar-refractivity contribution < 1.29 is 23.5 Å². The number of ether oxygens (including phenoxy) is 2. The summed E-state index contributed by atoms with van der Waals surface area (Å²) < 4.78 is 17.3. The van der Waals surface area contributed by atoms with Crippen molar-refractivity contribution in [3.8, 4) is 23.0 Å². The number of aromatic nitrogens is 1. The third-order valence-electron chi connectivity index (χ3n) is 6.74. The Morgan fingerprint density at radius 3 is 2.42 bits per heavy atom. The lowest BCUT2D eigenvalue weighted by Gasteiger charge is -2.24. The van der Waals surface area contributed by atoms with Crippen molar-refractivity contribution >= 4 is 12.4 Å². The van der Waals surface area contributed by atoms with Gasteiger partial charge in [-0.3, -0.25) is 0 Å². The van der Waals surface area contributed by atoms with Gasteiger partial charge < -0.3 is 23.6 Å². The third kappa shape index (κ3) is 6.11. The zero-order valence-corrected chi connectivity index (χ0v) is 21.3. The Bertz CT molecular complexity index is 1350. The summed E-state index contributed by atoms with van der Waals surface area (Å²) in [5, 5.41) is 0. The molecule has 0 N–H and O–H groups in total. The molecule has 7 nitrogen and oxygen atoms in total. The Kier molecular flexibility index (Phi) is 7.83. The zero-order chi connectivity index (χ0) is 26.3. The molecular formula is C31H30N2O5. The van der Waals surface area contributed by atoms with Gasteiger partial charge in [-0.2, -0.15) is 0 Å². The topological polar surface area (TPSA) is 81.9 Å². The van der Waals surface area contributed by atoms with Crippen LogP contribution in [0.4, 0.5) is 4.79 Å². The Labute approximate surface area is 222 Å². The summed E-state index contributed by atoms with van der Waals surface area (Å²) in [5.41, 5.74) is 2.90. The number of para-hydroxylation sites is 1. The average molecular weight is 511 g/mol. The first kappa shape index (κ1) is 25.3. The lowest BCUT2D eigenvalue weighted by molar-refractivity contribution is -0.110. The molecular weight excluding hydrogens is 480 g/mol. The average Bonchev–Trinajstić information content (AvgIpc) is 3.54. The minimum absolute atomic E-state index is 0.109. The molecule has 1 aromatic heterocycles. The number of rotatable bonds is 9. The summed E-state index contributed by atoms with van der Waals surface area (Å²) in [6.07, 6.45) is 2.39. The highest BCUT2D eigenvalue weighted by atomic mass is 16.6. The first-order valence-electron chi connectivity index (χ1n) is 12.8. The maximum Gasteiger partial charge on any atom is 0.415 e. The van der Waals surface area contributed by atoms with Crippen LogP contribution in [-0.2, 0) is 17.6 Å². The number of carbonyl (C=O) groups is 2. The molecule has 0 radical (unpaired) electrons. The van der Waals surface area contributed by atoms with Crippen LogP contribution in [0.3, 0.4) is 0 Å². The fourth-order valence-corrected chi connectivity index (χ4v) is 4.74. The van der Waals surface area contributed by atoms with Crippen molar-refractivity contribution in [1.82, 2.24) is 9.88 Å². The van der Waals surface area contributed by atoms with Crippen LogP contribution in [-0.4, -0.2) is 41.5 Å². The number of carbonyl (C=O) groups excluding carboxylic acids is 2. The van der Waals surface area contributed by atoms with E-state index in [-0.39, 0.29) is 12.0 Å². The predicted octanol–water partition coefficient (Wildman–Crippen LogP) is 5.90. The minimum Gasteiger partial charge on any atom is -0.493 e. The quantitative estimate of drug-likeness (QED) is 0.261. The molecule has 2 heterocycles. The molecule has 0 bridgehead atoms. The van der Waals surface area contributed by atoms with E-state index >= 15 is 0 Å². The molecule has 1 aliphatic heterocycles. The van der Waals surface area contributed by atoms with Crippen molar-refractivity contribution in [2.75, 3.05) is 13.2 Å². The van der Waals surface area contributed by atoms with Gasteiger partial charge in [0, 0.05) is 30.5 Å². The van der Waals surface area contributed by atoms with Gasteiger partial charge in [0.25, 0.3) is 0 Å². The smallest absolute Gasteiger partial charge is 0.415 e. The van der Waals surface area contributed by atoms with E-state index in [1.807, 2.05) is 79.7 Å². The first-order valence-corrected chi connectivity index (χ1v) is 12.8. The van der Waals surface area contributed by atoms with Crippen LogP contribution in [0.15, 0.2) is 89.3 Å². The van der Waals surface area contributed by atoms with Gasteiger partial charge >= 0.3 is 6.09 Å². The molecule has 4 aromatic rings. The van der Waals surface area contributed by atoms with Gasteiger partial charge in [-0.15, -0.1) is 0 Å². The van der Waals surface area contributed by atoms with Crippen molar-refractivity contribution in [3.05, 3.63) is 102 Å². The fraction of sp³-hybridized carbons (Fsp3) is 0.258. The van der Waals surface area contributed by atoms with Gasteiger partial charge in [-0.25, -0.2) is 9.78 Å². The number of amides is 1. The van der Waals surface area contributed by atoms with Crippen LogP contribution < -0.4 is 9.47 Å². The predicted molar refractivity (Wildman–Crippen MR) is 143 cm³/mol. The van der Waals surface area contributed by atoms with E-state index in [0.717, 1.165) is 34.6 Å². The molecule has 0 saturated carbocycles. The summed E-state index contributed by atoms with van der Waals surface area (Å²) in [6.45, 7) is 2.76. The standard InChI is InChI=1S/C31H30N2O5/c1-22-29(32-30(37-22)25-8-4-2-5-9-25)16-17-36-27-14-12-23(13-15-27)18-26-19-24(21-34)20-33(26)31(35)38-28-10-6-3-7-11-28/h2-15,21,24,26H,16-20H2,1H3/t24-,26+/m0/s1. The van der Waals surface area contributed by atoms with Gasteiger partial charge in [0.05, 0.1) is 12.3 Å². The van der Waals surface area contributed by atoms with Crippen molar-refractivity contribution in [2.24, 2.45) is 5.92 Å². The van der Waals surface area contributed by atoms with Crippen LogP contribution in [0.2, 0.25) is 0 Å². The van der Waals surface area contributed by atoms with Crippen molar-refractivity contribution in [1.29, 1.82) is 0 Å². The van der Waals surface area contributed by atoms with Crippen molar-refractivity contribution in [2.45, 2.75) is 32.2 Å². The highest BCUT2D eigenvalue weighted by Gasteiger charge is 2.36. The number of nitrogens with zero attached hydrogens (tertiary/aromatic N) is 2. The molecule has 194 valence electrons. The first-order chi connectivity index (χ1) is 18.6. The monoisotopic (exact) mass is 510 g/mol. The van der Waals surface area contributed by atoms with Crippen LogP contribution in [0.5, 0.6) is 11.5 Å². The molecule has 2 atom stereocenters. The lowest BCUT2D eigenvalue weighted by Crippen LogP contribution is -2.39. The molecule has 1 fully saturated rings. The molecule has 1 saturated heterocycles. The second kappa shape index (κ2) is 11.8.